The third kappa shape index (κ3) is 1.31. The molecule has 1 aromatic rings. The monoisotopic (exact) mass is 180 g/mol. The highest BCUT2D eigenvalue weighted by Crippen LogP contribution is 2.15. The van der Waals surface area contributed by atoms with E-state index < -0.39 is 0 Å². The minimum atomic E-state index is -0.263. The molecule has 5 heteroatoms. The van der Waals surface area contributed by atoms with Crippen LogP contribution in [-0.2, 0) is 13.0 Å². The lowest BCUT2D eigenvalue weighted by atomic mass is 10.1. The van der Waals surface area contributed by atoms with Gasteiger partial charge in [-0.1, -0.05) is 0 Å². The first-order valence-electron chi connectivity index (χ1n) is 4.38. The fraction of sp³-hybridized carbons (Fsp3) is 0.500. The molecule has 0 saturated heterocycles. The average Bonchev–Trinajstić information content (AvgIpc) is 2.60. The molecular formula is C8H12N4O. The Labute approximate surface area is 75.9 Å². The highest BCUT2D eigenvalue weighted by Gasteiger charge is 2.17. The summed E-state index contributed by atoms with van der Waals surface area (Å²) in [7, 11) is 0. The Bertz CT molecular complexity index is 331. The first-order chi connectivity index (χ1) is 6.33. The molecule has 1 aliphatic heterocycles. The number of amides is 1. The van der Waals surface area contributed by atoms with Crippen molar-refractivity contribution < 1.29 is 4.79 Å². The van der Waals surface area contributed by atoms with Crippen molar-refractivity contribution >= 4 is 5.91 Å². The third-order valence-corrected chi connectivity index (χ3v) is 2.33. The van der Waals surface area contributed by atoms with E-state index in [9.17, 15) is 4.79 Å². The van der Waals surface area contributed by atoms with Gasteiger partial charge in [-0.2, -0.15) is 0 Å². The molecule has 0 aromatic carbocycles. The summed E-state index contributed by atoms with van der Waals surface area (Å²) >= 11 is 0. The molecule has 0 radical (unpaired) electrons. The molecule has 1 aliphatic rings. The summed E-state index contributed by atoms with van der Waals surface area (Å²) in [5.74, 6) is 5.78. The molecule has 2 heterocycles. The summed E-state index contributed by atoms with van der Waals surface area (Å²) in [6, 6.07) is 0. The van der Waals surface area contributed by atoms with Crippen LogP contribution >= 0.6 is 0 Å². The quantitative estimate of drug-likeness (QED) is 0.358. The van der Waals surface area contributed by atoms with Gasteiger partial charge in [0, 0.05) is 13.0 Å². The minimum Gasteiger partial charge on any atom is -0.324 e. The lowest BCUT2D eigenvalue weighted by Gasteiger charge is -2.15. The van der Waals surface area contributed by atoms with Crippen LogP contribution in [0.25, 0.3) is 0 Å². The van der Waals surface area contributed by atoms with Gasteiger partial charge in [0.15, 0.2) is 0 Å². The van der Waals surface area contributed by atoms with Crippen molar-refractivity contribution in [1.82, 2.24) is 15.0 Å². The van der Waals surface area contributed by atoms with Gasteiger partial charge in [0.05, 0.1) is 6.20 Å². The van der Waals surface area contributed by atoms with Gasteiger partial charge in [0.1, 0.15) is 11.5 Å². The molecule has 0 aliphatic carbocycles. The highest BCUT2D eigenvalue weighted by atomic mass is 16.2. The number of nitrogens with zero attached hydrogens (tertiary/aromatic N) is 2. The van der Waals surface area contributed by atoms with Gasteiger partial charge >= 0.3 is 0 Å². The van der Waals surface area contributed by atoms with Crippen LogP contribution in [0.3, 0.4) is 0 Å². The zero-order chi connectivity index (χ0) is 9.26. The molecule has 2 rings (SSSR count). The molecule has 0 spiro atoms. The summed E-state index contributed by atoms with van der Waals surface area (Å²) in [6.07, 6.45) is 4.80. The van der Waals surface area contributed by atoms with E-state index in [1.165, 1.54) is 0 Å². The number of fused-ring (bicyclic) bond motifs is 1. The van der Waals surface area contributed by atoms with Crippen LogP contribution in [-0.4, -0.2) is 15.5 Å². The second-order valence-corrected chi connectivity index (χ2v) is 3.14. The van der Waals surface area contributed by atoms with Crippen LogP contribution in [0.15, 0.2) is 6.20 Å². The zero-order valence-electron chi connectivity index (χ0n) is 7.29. The van der Waals surface area contributed by atoms with Gasteiger partial charge in [0.25, 0.3) is 5.91 Å². The number of carbonyl (C=O) groups is 1. The van der Waals surface area contributed by atoms with Gasteiger partial charge in [-0.05, 0) is 12.8 Å². The number of nitrogens with one attached hydrogen (secondary N) is 1. The van der Waals surface area contributed by atoms with Crippen LogP contribution in [0.4, 0.5) is 0 Å². The second-order valence-electron chi connectivity index (χ2n) is 3.14. The molecule has 3 N–H and O–H groups in total. The van der Waals surface area contributed by atoms with E-state index in [2.05, 4.69) is 10.4 Å². The van der Waals surface area contributed by atoms with Crippen LogP contribution in [0.2, 0.25) is 0 Å². The largest absolute Gasteiger partial charge is 0.324 e. The molecule has 0 fully saturated rings. The SMILES string of the molecule is NNC(=O)c1cnc2n1CCCC2. The second kappa shape index (κ2) is 3.18. The smallest absolute Gasteiger partial charge is 0.283 e. The molecule has 5 nitrogen and oxygen atoms in total. The van der Waals surface area contributed by atoms with Crippen LogP contribution in [0.5, 0.6) is 0 Å². The number of imidazole rings is 1. The summed E-state index contributed by atoms with van der Waals surface area (Å²) in [5.41, 5.74) is 2.68. The maximum atomic E-state index is 11.2. The predicted octanol–water partition coefficient (Wildman–Crippen LogP) is -0.177. The van der Waals surface area contributed by atoms with Gasteiger partial charge in [-0.3, -0.25) is 10.2 Å². The highest BCUT2D eigenvalue weighted by molar-refractivity contribution is 5.92. The lowest BCUT2D eigenvalue weighted by Crippen LogP contribution is -2.32. The molecule has 1 aromatic heterocycles. The molecule has 1 amide bonds. The van der Waals surface area contributed by atoms with Crippen molar-refractivity contribution in [2.45, 2.75) is 25.8 Å². The van der Waals surface area contributed by atoms with Crippen molar-refractivity contribution in [2.75, 3.05) is 0 Å². The number of nitrogens with two attached hydrogens (primary N) is 1. The Hall–Kier alpha value is -1.36. The Morgan fingerprint density at radius 2 is 2.46 bits per heavy atom. The Kier molecular flexibility index (Phi) is 2.02. The van der Waals surface area contributed by atoms with E-state index in [-0.39, 0.29) is 5.91 Å². The molecule has 0 bridgehead atoms. The number of hydrazine groups is 1. The van der Waals surface area contributed by atoms with Crippen LogP contribution < -0.4 is 11.3 Å². The first-order valence-corrected chi connectivity index (χ1v) is 4.38. The van der Waals surface area contributed by atoms with Crippen molar-refractivity contribution in [3.63, 3.8) is 0 Å². The number of aryl methyl sites for hydroxylation is 1. The van der Waals surface area contributed by atoms with Crippen molar-refractivity contribution in [3.05, 3.63) is 17.7 Å². The van der Waals surface area contributed by atoms with E-state index >= 15 is 0 Å². The average molecular weight is 180 g/mol. The molecule has 0 saturated carbocycles. The molecule has 13 heavy (non-hydrogen) atoms. The number of hydrogen-bond acceptors (Lipinski definition) is 3. The number of carbonyl (C=O) groups excluding carboxylic acids is 1. The Balaban J connectivity index is 2.36. The zero-order valence-corrected chi connectivity index (χ0v) is 7.29. The number of hydrogen-bond donors (Lipinski definition) is 2. The predicted molar refractivity (Wildman–Crippen MR) is 46.8 cm³/mol. The van der Waals surface area contributed by atoms with Crippen LogP contribution in [0.1, 0.15) is 29.2 Å². The molecular weight excluding hydrogens is 168 g/mol. The fourth-order valence-electron chi connectivity index (χ4n) is 1.67. The van der Waals surface area contributed by atoms with E-state index in [1.54, 1.807) is 6.20 Å². The third-order valence-electron chi connectivity index (χ3n) is 2.33. The lowest BCUT2D eigenvalue weighted by molar-refractivity contribution is 0.0943. The summed E-state index contributed by atoms with van der Waals surface area (Å²) in [5, 5.41) is 0. The summed E-state index contributed by atoms with van der Waals surface area (Å²) in [4.78, 5) is 15.4. The summed E-state index contributed by atoms with van der Waals surface area (Å²) in [6.45, 7) is 0.873. The topological polar surface area (TPSA) is 72.9 Å². The number of rotatable bonds is 1. The molecule has 0 atom stereocenters. The summed E-state index contributed by atoms with van der Waals surface area (Å²) < 4.78 is 1.94. The minimum absolute atomic E-state index is 0.263. The van der Waals surface area contributed by atoms with E-state index in [0.717, 1.165) is 31.6 Å². The van der Waals surface area contributed by atoms with Crippen molar-refractivity contribution in [2.24, 2.45) is 5.84 Å². The fourth-order valence-corrected chi connectivity index (χ4v) is 1.67. The molecule has 70 valence electrons. The van der Waals surface area contributed by atoms with E-state index in [0.29, 0.717) is 5.69 Å². The van der Waals surface area contributed by atoms with Gasteiger partial charge in [-0.25, -0.2) is 10.8 Å². The first kappa shape index (κ1) is 8.25. The van der Waals surface area contributed by atoms with Crippen LogP contribution in [0, 0.1) is 0 Å². The Morgan fingerprint density at radius 1 is 1.62 bits per heavy atom. The molecule has 0 unspecified atom stereocenters. The van der Waals surface area contributed by atoms with Crippen molar-refractivity contribution in [1.29, 1.82) is 0 Å². The standard InChI is InChI=1S/C8H12N4O/c9-11-8(13)6-5-10-7-3-1-2-4-12(6)7/h5H,1-4,9H2,(H,11,13). The van der Waals surface area contributed by atoms with Crippen molar-refractivity contribution in [3.8, 4) is 0 Å². The van der Waals surface area contributed by atoms with Gasteiger partial charge in [-0.15, -0.1) is 0 Å². The number of nitrogen functional groups attached to an aromatic ring is 1. The number of aromatic nitrogens is 2. The normalized spacial score (nSPS) is 15.2. The maximum absolute atomic E-state index is 11.2. The van der Waals surface area contributed by atoms with E-state index in [1.807, 2.05) is 4.57 Å². The van der Waals surface area contributed by atoms with E-state index in [4.69, 9.17) is 5.84 Å². The maximum Gasteiger partial charge on any atom is 0.283 e. The van der Waals surface area contributed by atoms with Gasteiger partial charge < -0.3 is 4.57 Å². The van der Waals surface area contributed by atoms with Gasteiger partial charge in [0.2, 0.25) is 0 Å². The Morgan fingerprint density at radius 3 is 3.23 bits per heavy atom.